The molecule has 0 radical (unpaired) electrons. The van der Waals surface area contributed by atoms with E-state index in [4.69, 9.17) is 9.15 Å². The molecule has 0 bridgehead atoms. The Balaban J connectivity index is 2.46. The molecule has 2 aromatic rings. The van der Waals surface area contributed by atoms with Gasteiger partial charge in [0.05, 0.1) is 10.7 Å². The molecule has 4 nitrogen and oxygen atoms in total. The van der Waals surface area contributed by atoms with E-state index in [1.807, 2.05) is 0 Å². The van der Waals surface area contributed by atoms with Gasteiger partial charge in [-0.1, -0.05) is 0 Å². The lowest BCUT2D eigenvalue weighted by molar-refractivity contribution is -0.131. The van der Waals surface area contributed by atoms with Crippen LogP contribution in [0, 0.1) is 0 Å². The van der Waals surface area contributed by atoms with E-state index >= 15 is 0 Å². The molecule has 0 N–H and O–H groups in total. The highest BCUT2D eigenvalue weighted by molar-refractivity contribution is 9.10. The molecule has 0 aliphatic heterocycles. The molecule has 0 saturated heterocycles. The number of carbonyl (C=O) groups is 1. The minimum atomic E-state index is -0.378. The Labute approximate surface area is 88.0 Å². The van der Waals surface area contributed by atoms with Crippen LogP contribution in [0.15, 0.2) is 27.4 Å². The van der Waals surface area contributed by atoms with Gasteiger partial charge in [0.1, 0.15) is 11.8 Å². The Morgan fingerprint density at radius 2 is 2.43 bits per heavy atom. The van der Waals surface area contributed by atoms with E-state index < -0.39 is 0 Å². The summed E-state index contributed by atoms with van der Waals surface area (Å²) < 4.78 is 10.8. The van der Waals surface area contributed by atoms with Crippen LogP contribution >= 0.6 is 15.9 Å². The van der Waals surface area contributed by atoms with Crippen LogP contribution in [0.25, 0.3) is 11.1 Å². The third-order valence-electron chi connectivity index (χ3n) is 1.60. The number of pyridine rings is 1. The quantitative estimate of drug-likeness (QED) is 0.735. The van der Waals surface area contributed by atoms with Crippen molar-refractivity contribution in [1.82, 2.24) is 4.98 Å². The van der Waals surface area contributed by atoms with Crippen molar-refractivity contribution >= 4 is 33.0 Å². The summed E-state index contributed by atoms with van der Waals surface area (Å²) in [5.41, 5.74) is 1.29. The number of aromatic nitrogens is 1. The van der Waals surface area contributed by atoms with Gasteiger partial charge in [-0.05, 0) is 15.9 Å². The van der Waals surface area contributed by atoms with Crippen LogP contribution in [0.1, 0.15) is 6.92 Å². The van der Waals surface area contributed by atoms with Crippen molar-refractivity contribution in [2.45, 2.75) is 6.92 Å². The Morgan fingerprint density at radius 3 is 3.14 bits per heavy atom. The van der Waals surface area contributed by atoms with Gasteiger partial charge < -0.3 is 9.15 Å². The number of esters is 1. The second-order valence-corrected chi connectivity index (χ2v) is 3.55. The van der Waals surface area contributed by atoms with Crippen molar-refractivity contribution in [3.8, 4) is 5.75 Å². The first kappa shape index (κ1) is 9.21. The Hall–Kier alpha value is -1.36. The molecule has 72 valence electrons. The normalized spacial score (nSPS) is 10.4. The number of ether oxygens (including phenoxy) is 1. The number of furan rings is 1. The van der Waals surface area contributed by atoms with Gasteiger partial charge in [0.25, 0.3) is 0 Å². The molecule has 0 unspecified atom stereocenters. The molecule has 14 heavy (non-hydrogen) atoms. The van der Waals surface area contributed by atoms with Crippen molar-refractivity contribution < 1.29 is 13.9 Å². The maximum absolute atomic E-state index is 10.7. The van der Waals surface area contributed by atoms with Crippen LogP contribution in [0.2, 0.25) is 0 Å². The van der Waals surface area contributed by atoms with Gasteiger partial charge in [0.2, 0.25) is 0 Å². The monoisotopic (exact) mass is 255 g/mol. The van der Waals surface area contributed by atoms with Crippen LogP contribution in [0.4, 0.5) is 0 Å². The molecular formula is C9H6BrNO3. The Kier molecular flexibility index (Phi) is 2.25. The number of nitrogens with zero attached hydrogens (tertiary/aromatic N) is 1. The van der Waals surface area contributed by atoms with Crippen LogP contribution in [-0.2, 0) is 4.79 Å². The number of hydrogen-bond acceptors (Lipinski definition) is 4. The molecule has 0 atom stereocenters. The van der Waals surface area contributed by atoms with E-state index in [0.29, 0.717) is 16.8 Å². The highest BCUT2D eigenvalue weighted by atomic mass is 79.9. The number of fused-ring (bicyclic) bond motifs is 1. The zero-order valence-electron chi connectivity index (χ0n) is 7.28. The molecule has 0 aliphatic carbocycles. The molecule has 2 rings (SSSR count). The fourth-order valence-electron chi connectivity index (χ4n) is 1.09. The van der Waals surface area contributed by atoms with Crippen LogP contribution in [0.5, 0.6) is 5.75 Å². The van der Waals surface area contributed by atoms with Gasteiger partial charge >= 0.3 is 5.97 Å². The minimum Gasteiger partial charge on any atom is -0.461 e. The fraction of sp³-hybridized carbons (Fsp3) is 0.111. The Morgan fingerprint density at radius 1 is 1.64 bits per heavy atom. The van der Waals surface area contributed by atoms with E-state index in [2.05, 4.69) is 20.9 Å². The summed E-state index contributed by atoms with van der Waals surface area (Å²) in [6.07, 6.45) is 3.01. The van der Waals surface area contributed by atoms with Gasteiger partial charge in [-0.2, -0.15) is 0 Å². The highest BCUT2D eigenvalue weighted by Crippen LogP contribution is 2.26. The van der Waals surface area contributed by atoms with E-state index in [1.54, 1.807) is 6.07 Å². The second kappa shape index (κ2) is 3.42. The lowest BCUT2D eigenvalue weighted by atomic mass is 10.4. The van der Waals surface area contributed by atoms with E-state index in [1.165, 1.54) is 19.4 Å². The lowest BCUT2D eigenvalue weighted by Gasteiger charge is -1.98. The Bertz CT molecular complexity index is 492. The van der Waals surface area contributed by atoms with Gasteiger partial charge in [-0.15, -0.1) is 0 Å². The SMILES string of the molecule is CC(=O)Oc1cnc2c(Br)coc2c1. The van der Waals surface area contributed by atoms with Gasteiger partial charge in [-0.3, -0.25) is 4.79 Å². The first-order valence-corrected chi connectivity index (χ1v) is 4.67. The minimum absolute atomic E-state index is 0.378. The third-order valence-corrected chi connectivity index (χ3v) is 2.17. The van der Waals surface area contributed by atoms with Crippen LogP contribution in [0.3, 0.4) is 0 Å². The summed E-state index contributed by atoms with van der Waals surface area (Å²) >= 11 is 3.28. The predicted molar refractivity (Wildman–Crippen MR) is 53.0 cm³/mol. The molecule has 2 heterocycles. The molecule has 0 amide bonds. The molecule has 0 saturated carbocycles. The van der Waals surface area contributed by atoms with Gasteiger partial charge in [-0.25, -0.2) is 4.98 Å². The molecule has 0 aromatic carbocycles. The van der Waals surface area contributed by atoms with Crippen molar-refractivity contribution in [3.05, 3.63) is 23.0 Å². The topological polar surface area (TPSA) is 52.3 Å². The zero-order chi connectivity index (χ0) is 10.1. The van der Waals surface area contributed by atoms with E-state index in [-0.39, 0.29) is 5.97 Å². The summed E-state index contributed by atoms with van der Waals surface area (Å²) in [4.78, 5) is 14.7. The average Bonchev–Trinajstić information content (AvgIpc) is 2.46. The van der Waals surface area contributed by atoms with Gasteiger partial charge in [0.15, 0.2) is 11.3 Å². The molecular weight excluding hydrogens is 250 g/mol. The van der Waals surface area contributed by atoms with Crippen molar-refractivity contribution in [1.29, 1.82) is 0 Å². The van der Waals surface area contributed by atoms with Gasteiger partial charge in [0, 0.05) is 13.0 Å². The maximum Gasteiger partial charge on any atom is 0.308 e. The standard InChI is InChI=1S/C9H6BrNO3/c1-5(12)14-6-2-8-9(11-3-6)7(10)4-13-8/h2-4H,1H3. The first-order valence-electron chi connectivity index (χ1n) is 3.88. The largest absolute Gasteiger partial charge is 0.461 e. The summed E-state index contributed by atoms with van der Waals surface area (Å²) in [5.74, 6) is 0.00335. The number of carbonyl (C=O) groups excluding carboxylic acids is 1. The molecule has 2 aromatic heterocycles. The summed E-state index contributed by atoms with van der Waals surface area (Å²) in [6, 6.07) is 1.62. The molecule has 5 heteroatoms. The van der Waals surface area contributed by atoms with Crippen molar-refractivity contribution in [3.63, 3.8) is 0 Å². The number of rotatable bonds is 1. The van der Waals surface area contributed by atoms with Crippen molar-refractivity contribution in [2.24, 2.45) is 0 Å². The zero-order valence-corrected chi connectivity index (χ0v) is 8.87. The highest BCUT2D eigenvalue weighted by Gasteiger charge is 2.07. The number of halogens is 1. The van der Waals surface area contributed by atoms with Crippen LogP contribution < -0.4 is 4.74 Å². The van der Waals surface area contributed by atoms with Crippen LogP contribution in [-0.4, -0.2) is 11.0 Å². The second-order valence-electron chi connectivity index (χ2n) is 2.70. The average molecular weight is 256 g/mol. The summed E-state index contributed by atoms with van der Waals surface area (Å²) in [7, 11) is 0. The smallest absolute Gasteiger partial charge is 0.308 e. The summed E-state index contributed by atoms with van der Waals surface area (Å²) in [6.45, 7) is 1.34. The third kappa shape index (κ3) is 1.63. The number of hydrogen-bond donors (Lipinski definition) is 0. The van der Waals surface area contributed by atoms with E-state index in [0.717, 1.165) is 4.47 Å². The first-order chi connectivity index (χ1) is 6.66. The summed E-state index contributed by atoms with van der Waals surface area (Å²) in [5, 5.41) is 0. The molecule has 0 aliphatic rings. The maximum atomic E-state index is 10.7. The van der Waals surface area contributed by atoms with Crippen molar-refractivity contribution in [2.75, 3.05) is 0 Å². The van der Waals surface area contributed by atoms with E-state index in [9.17, 15) is 4.79 Å². The lowest BCUT2D eigenvalue weighted by Crippen LogP contribution is -2.01. The molecule has 0 fully saturated rings. The predicted octanol–water partition coefficient (Wildman–Crippen LogP) is 2.52. The fourth-order valence-corrected chi connectivity index (χ4v) is 1.48. The molecule has 0 spiro atoms.